The Balaban J connectivity index is 2.23. The van der Waals surface area contributed by atoms with Crippen molar-refractivity contribution in [3.63, 3.8) is 0 Å². The van der Waals surface area contributed by atoms with Crippen LogP contribution in [0.3, 0.4) is 0 Å². The highest BCUT2D eigenvalue weighted by atomic mass is 19.1. The second kappa shape index (κ2) is 4.00. The molecule has 0 aliphatic heterocycles. The molecule has 1 heterocycles. The van der Waals surface area contributed by atoms with Gasteiger partial charge in [-0.3, -0.25) is 0 Å². The van der Waals surface area contributed by atoms with E-state index < -0.39 is 5.82 Å². The Bertz CT molecular complexity index is 349. The summed E-state index contributed by atoms with van der Waals surface area (Å²) in [6, 6.07) is 0.383. The van der Waals surface area contributed by atoms with Crippen molar-refractivity contribution < 1.29 is 4.39 Å². The summed E-state index contributed by atoms with van der Waals surface area (Å²) in [6.07, 6.45) is 5.73. The van der Waals surface area contributed by atoms with Gasteiger partial charge in [0, 0.05) is 13.1 Å². The molecule has 1 aliphatic rings. The fourth-order valence-electron chi connectivity index (χ4n) is 2.08. The molecule has 15 heavy (non-hydrogen) atoms. The number of rotatable bonds is 2. The van der Waals surface area contributed by atoms with Gasteiger partial charge >= 0.3 is 0 Å². The lowest BCUT2D eigenvalue weighted by Gasteiger charge is -2.25. The summed E-state index contributed by atoms with van der Waals surface area (Å²) in [5, 5.41) is 0. The summed E-state index contributed by atoms with van der Waals surface area (Å²) < 4.78 is 13.5. The first-order valence-corrected chi connectivity index (χ1v) is 5.19. The zero-order chi connectivity index (χ0) is 10.8. The van der Waals surface area contributed by atoms with Gasteiger partial charge in [0.1, 0.15) is 0 Å². The number of nitrogen functional groups attached to an aromatic ring is 1. The molecule has 1 saturated carbocycles. The van der Waals surface area contributed by atoms with Crippen LogP contribution >= 0.6 is 0 Å². The van der Waals surface area contributed by atoms with E-state index in [2.05, 4.69) is 9.97 Å². The monoisotopic (exact) mass is 210 g/mol. The molecule has 1 aromatic rings. The second-order valence-electron chi connectivity index (χ2n) is 3.95. The van der Waals surface area contributed by atoms with E-state index in [1.807, 2.05) is 11.9 Å². The first-order valence-electron chi connectivity index (χ1n) is 5.19. The van der Waals surface area contributed by atoms with Crippen molar-refractivity contribution in [2.75, 3.05) is 17.7 Å². The van der Waals surface area contributed by atoms with Crippen LogP contribution in [0.2, 0.25) is 0 Å². The summed E-state index contributed by atoms with van der Waals surface area (Å²) >= 11 is 0. The zero-order valence-electron chi connectivity index (χ0n) is 8.78. The minimum absolute atomic E-state index is 0.122. The van der Waals surface area contributed by atoms with Crippen LogP contribution in [-0.2, 0) is 0 Å². The third-order valence-corrected chi connectivity index (χ3v) is 2.95. The molecule has 0 spiro atoms. The maximum atomic E-state index is 13.5. The van der Waals surface area contributed by atoms with E-state index in [-0.39, 0.29) is 5.95 Å². The van der Waals surface area contributed by atoms with E-state index >= 15 is 0 Å². The third-order valence-electron chi connectivity index (χ3n) is 2.95. The number of aromatic nitrogens is 2. The summed E-state index contributed by atoms with van der Waals surface area (Å²) in [7, 11) is 1.86. The molecule has 2 rings (SSSR count). The SMILES string of the molecule is CN(c1nc(N)ncc1F)C1CCCC1. The summed E-state index contributed by atoms with van der Waals surface area (Å²) in [5.41, 5.74) is 5.45. The van der Waals surface area contributed by atoms with Gasteiger partial charge in [0.25, 0.3) is 0 Å². The average Bonchev–Trinajstić information content (AvgIpc) is 2.74. The van der Waals surface area contributed by atoms with Crippen molar-refractivity contribution in [2.24, 2.45) is 0 Å². The van der Waals surface area contributed by atoms with Gasteiger partial charge < -0.3 is 10.6 Å². The first kappa shape index (κ1) is 10.1. The maximum absolute atomic E-state index is 13.5. The van der Waals surface area contributed by atoms with Crippen LogP contribution in [0, 0.1) is 5.82 Å². The molecule has 0 radical (unpaired) electrons. The molecule has 0 bridgehead atoms. The largest absolute Gasteiger partial charge is 0.368 e. The van der Waals surface area contributed by atoms with Crippen LogP contribution in [0.4, 0.5) is 16.2 Å². The minimum atomic E-state index is -0.404. The lowest BCUT2D eigenvalue weighted by Crippen LogP contribution is -2.30. The van der Waals surface area contributed by atoms with Crippen LogP contribution in [0.15, 0.2) is 6.20 Å². The average molecular weight is 210 g/mol. The molecule has 5 heteroatoms. The Morgan fingerprint density at radius 2 is 2.13 bits per heavy atom. The van der Waals surface area contributed by atoms with Crippen molar-refractivity contribution >= 4 is 11.8 Å². The first-order chi connectivity index (χ1) is 7.18. The summed E-state index contributed by atoms with van der Waals surface area (Å²) in [4.78, 5) is 9.42. The van der Waals surface area contributed by atoms with Gasteiger partial charge in [0.2, 0.25) is 5.95 Å². The Morgan fingerprint density at radius 1 is 1.47 bits per heavy atom. The molecule has 1 fully saturated rings. The van der Waals surface area contributed by atoms with Gasteiger partial charge in [-0.25, -0.2) is 9.37 Å². The van der Waals surface area contributed by atoms with Gasteiger partial charge in [-0.05, 0) is 12.8 Å². The topological polar surface area (TPSA) is 55.0 Å². The number of halogens is 1. The van der Waals surface area contributed by atoms with Crippen LogP contribution in [0.1, 0.15) is 25.7 Å². The predicted octanol–water partition coefficient (Wildman–Crippen LogP) is 1.58. The van der Waals surface area contributed by atoms with E-state index in [0.29, 0.717) is 11.9 Å². The highest BCUT2D eigenvalue weighted by Gasteiger charge is 2.23. The number of anilines is 2. The fourth-order valence-corrected chi connectivity index (χ4v) is 2.08. The molecule has 0 unspecified atom stereocenters. The molecule has 0 atom stereocenters. The number of nitrogens with zero attached hydrogens (tertiary/aromatic N) is 3. The number of nitrogens with two attached hydrogens (primary N) is 1. The Labute approximate surface area is 88.3 Å². The van der Waals surface area contributed by atoms with Crippen molar-refractivity contribution in [3.8, 4) is 0 Å². The molecular weight excluding hydrogens is 195 g/mol. The smallest absolute Gasteiger partial charge is 0.222 e. The summed E-state index contributed by atoms with van der Waals surface area (Å²) in [6.45, 7) is 0. The summed E-state index contributed by atoms with van der Waals surface area (Å²) in [5.74, 6) is 0.0317. The van der Waals surface area contributed by atoms with Crippen LogP contribution in [-0.4, -0.2) is 23.1 Å². The van der Waals surface area contributed by atoms with Crippen molar-refractivity contribution in [3.05, 3.63) is 12.0 Å². The molecule has 2 N–H and O–H groups in total. The third kappa shape index (κ3) is 2.00. The van der Waals surface area contributed by atoms with Gasteiger partial charge in [0.05, 0.1) is 6.20 Å². The maximum Gasteiger partial charge on any atom is 0.222 e. The van der Waals surface area contributed by atoms with E-state index in [1.165, 1.54) is 12.8 Å². The van der Waals surface area contributed by atoms with Crippen LogP contribution < -0.4 is 10.6 Å². The highest BCUT2D eigenvalue weighted by molar-refractivity contribution is 5.42. The standard InChI is InChI=1S/C10H15FN4/c1-15(7-4-2-3-5-7)9-8(11)6-13-10(12)14-9/h6-7H,2-5H2,1H3,(H2,12,13,14). The quantitative estimate of drug-likeness (QED) is 0.805. The molecule has 1 aliphatic carbocycles. The van der Waals surface area contributed by atoms with E-state index in [4.69, 9.17) is 5.73 Å². The van der Waals surface area contributed by atoms with E-state index in [1.54, 1.807) is 0 Å². The Hall–Kier alpha value is -1.39. The van der Waals surface area contributed by atoms with Gasteiger partial charge in [-0.2, -0.15) is 4.98 Å². The molecule has 0 saturated heterocycles. The van der Waals surface area contributed by atoms with E-state index in [0.717, 1.165) is 19.0 Å². The van der Waals surface area contributed by atoms with Crippen molar-refractivity contribution in [1.82, 2.24) is 9.97 Å². The molecule has 0 amide bonds. The lowest BCUT2D eigenvalue weighted by atomic mass is 10.2. The van der Waals surface area contributed by atoms with Crippen molar-refractivity contribution in [1.29, 1.82) is 0 Å². The minimum Gasteiger partial charge on any atom is -0.368 e. The van der Waals surface area contributed by atoms with Crippen molar-refractivity contribution in [2.45, 2.75) is 31.7 Å². The van der Waals surface area contributed by atoms with E-state index in [9.17, 15) is 4.39 Å². The normalized spacial score (nSPS) is 16.9. The Morgan fingerprint density at radius 3 is 2.80 bits per heavy atom. The molecule has 1 aromatic heterocycles. The van der Waals surface area contributed by atoms with Gasteiger partial charge in [-0.1, -0.05) is 12.8 Å². The number of hydrogen-bond donors (Lipinski definition) is 1. The van der Waals surface area contributed by atoms with Crippen LogP contribution in [0.5, 0.6) is 0 Å². The number of hydrogen-bond acceptors (Lipinski definition) is 4. The molecule has 4 nitrogen and oxygen atoms in total. The van der Waals surface area contributed by atoms with Gasteiger partial charge in [0.15, 0.2) is 11.6 Å². The van der Waals surface area contributed by atoms with Crippen LogP contribution in [0.25, 0.3) is 0 Å². The molecule has 0 aromatic carbocycles. The fraction of sp³-hybridized carbons (Fsp3) is 0.600. The molecular formula is C10H15FN4. The van der Waals surface area contributed by atoms with Gasteiger partial charge in [-0.15, -0.1) is 0 Å². The molecule has 82 valence electrons. The predicted molar refractivity (Wildman–Crippen MR) is 57.1 cm³/mol. The zero-order valence-corrected chi connectivity index (χ0v) is 8.78. The highest BCUT2D eigenvalue weighted by Crippen LogP contribution is 2.27. The Kier molecular flexibility index (Phi) is 2.70. The lowest BCUT2D eigenvalue weighted by molar-refractivity contribution is 0.581. The second-order valence-corrected chi connectivity index (χ2v) is 3.95.